The van der Waals surface area contributed by atoms with Crippen molar-refractivity contribution >= 4 is 11.6 Å². The van der Waals surface area contributed by atoms with Gasteiger partial charge in [-0.1, -0.05) is 26.0 Å². The second kappa shape index (κ2) is 6.78. The normalized spacial score (nSPS) is 35.5. The molecule has 0 unspecified atom stereocenters. The molecule has 3 heterocycles. The molecule has 0 saturated carbocycles. The van der Waals surface area contributed by atoms with Crippen molar-refractivity contribution in [2.45, 2.75) is 89.7 Å². The van der Waals surface area contributed by atoms with E-state index in [9.17, 15) is 4.79 Å². The maximum Gasteiger partial charge on any atom is 0.256 e. The number of anilines is 1. The zero-order valence-corrected chi connectivity index (χ0v) is 17.2. The van der Waals surface area contributed by atoms with Gasteiger partial charge in [0.25, 0.3) is 5.91 Å². The molecule has 28 heavy (non-hydrogen) atoms. The monoisotopic (exact) mass is 391 g/mol. The smallest absolute Gasteiger partial charge is 0.256 e. The van der Waals surface area contributed by atoms with Crippen LogP contribution in [0.1, 0.15) is 53.0 Å². The molecule has 1 aromatic rings. The van der Waals surface area contributed by atoms with Crippen molar-refractivity contribution in [3.8, 4) is 0 Å². The van der Waals surface area contributed by atoms with Crippen LogP contribution in [0.4, 0.5) is 5.69 Å². The van der Waals surface area contributed by atoms with Crippen molar-refractivity contribution in [1.82, 2.24) is 0 Å². The third-order valence-electron chi connectivity index (χ3n) is 5.26. The number of carbonyl (C=O) groups excluding carboxylic acids is 1. The van der Waals surface area contributed by atoms with Gasteiger partial charge >= 0.3 is 0 Å². The number of rotatable bonds is 3. The van der Waals surface area contributed by atoms with Crippen molar-refractivity contribution in [1.29, 1.82) is 0 Å². The Kier molecular flexibility index (Phi) is 4.79. The first-order chi connectivity index (χ1) is 13.0. The SMILES string of the molecule is CC(C)c1ccc(NC(=O)[C@@H]2O[C@H]3OC(C)(C)O[C@@H]3[C@H]3OC(C)(C)O[C@H]32)cc1. The molecule has 0 radical (unpaired) electrons. The first kappa shape index (κ1) is 19.8. The van der Waals surface area contributed by atoms with E-state index in [4.69, 9.17) is 23.7 Å². The maximum absolute atomic E-state index is 13.0. The van der Waals surface area contributed by atoms with Gasteiger partial charge in [-0.3, -0.25) is 4.79 Å². The van der Waals surface area contributed by atoms with Gasteiger partial charge < -0.3 is 29.0 Å². The summed E-state index contributed by atoms with van der Waals surface area (Å²) in [7, 11) is 0. The van der Waals surface area contributed by atoms with Crippen LogP contribution in [0.15, 0.2) is 24.3 Å². The van der Waals surface area contributed by atoms with E-state index in [-0.39, 0.29) is 5.91 Å². The number of benzene rings is 1. The molecule has 3 fully saturated rings. The van der Waals surface area contributed by atoms with Crippen molar-refractivity contribution in [3.63, 3.8) is 0 Å². The lowest BCUT2D eigenvalue weighted by molar-refractivity contribution is -0.229. The Hall–Kier alpha value is -1.51. The van der Waals surface area contributed by atoms with Gasteiger partial charge in [-0.15, -0.1) is 0 Å². The minimum Gasteiger partial charge on any atom is -0.342 e. The minimum absolute atomic E-state index is 0.291. The highest BCUT2D eigenvalue weighted by molar-refractivity contribution is 5.94. The molecule has 0 spiro atoms. The number of carbonyl (C=O) groups is 1. The zero-order valence-electron chi connectivity index (χ0n) is 17.2. The molecule has 0 aliphatic carbocycles. The fraction of sp³-hybridized carbons (Fsp3) is 0.667. The fourth-order valence-electron chi connectivity index (χ4n) is 3.99. The molecule has 4 rings (SSSR count). The van der Waals surface area contributed by atoms with Crippen LogP contribution in [0, 0.1) is 0 Å². The summed E-state index contributed by atoms with van der Waals surface area (Å²) in [4.78, 5) is 13.0. The standard InChI is InChI=1S/C21H29NO6/c1-11(2)12-7-9-13(10-8-12)22-18(23)16-14-15(26-20(3,4)25-14)17-19(24-16)28-21(5,6)27-17/h7-11,14-17,19H,1-6H3,(H,22,23)/t14-,15+,16-,17-,19+/m1/s1. The van der Waals surface area contributed by atoms with Gasteiger partial charge in [0.05, 0.1) is 0 Å². The Morgan fingerprint density at radius 3 is 2.11 bits per heavy atom. The fourth-order valence-corrected chi connectivity index (χ4v) is 3.99. The maximum atomic E-state index is 13.0. The second-order valence-corrected chi connectivity index (χ2v) is 8.86. The summed E-state index contributed by atoms with van der Waals surface area (Å²) in [6.45, 7) is 11.5. The Bertz CT molecular complexity index is 744. The van der Waals surface area contributed by atoms with E-state index >= 15 is 0 Å². The third kappa shape index (κ3) is 3.69. The molecule has 1 N–H and O–H groups in total. The second-order valence-electron chi connectivity index (χ2n) is 8.86. The number of fused-ring (bicyclic) bond motifs is 3. The number of hydrogen-bond acceptors (Lipinski definition) is 6. The molecule has 1 aromatic carbocycles. The van der Waals surface area contributed by atoms with Crippen LogP contribution in [-0.2, 0) is 28.5 Å². The molecular formula is C21H29NO6. The number of hydrogen-bond donors (Lipinski definition) is 1. The first-order valence-electron chi connectivity index (χ1n) is 9.82. The minimum atomic E-state index is -0.865. The lowest BCUT2D eigenvalue weighted by Gasteiger charge is -2.36. The predicted molar refractivity (Wildman–Crippen MR) is 102 cm³/mol. The van der Waals surface area contributed by atoms with Crippen molar-refractivity contribution in [2.24, 2.45) is 0 Å². The number of nitrogens with one attached hydrogen (secondary N) is 1. The summed E-state index contributed by atoms with van der Waals surface area (Å²) in [5, 5.41) is 2.92. The van der Waals surface area contributed by atoms with Crippen LogP contribution in [0.5, 0.6) is 0 Å². The lowest BCUT2D eigenvalue weighted by Crippen LogP contribution is -2.58. The predicted octanol–water partition coefficient (Wildman–Crippen LogP) is 3.15. The summed E-state index contributed by atoms with van der Waals surface area (Å²) < 4.78 is 29.8. The molecule has 1 amide bonds. The summed E-state index contributed by atoms with van der Waals surface area (Å²) >= 11 is 0. The van der Waals surface area contributed by atoms with Crippen LogP contribution in [0.25, 0.3) is 0 Å². The summed E-state index contributed by atoms with van der Waals surface area (Å²) in [5.41, 5.74) is 1.92. The summed E-state index contributed by atoms with van der Waals surface area (Å²) in [6, 6.07) is 7.81. The molecule has 3 aliphatic heterocycles. The quantitative estimate of drug-likeness (QED) is 0.853. The van der Waals surface area contributed by atoms with E-state index in [1.165, 1.54) is 5.56 Å². The molecule has 154 valence electrons. The first-order valence-corrected chi connectivity index (χ1v) is 9.82. The average Bonchev–Trinajstić information content (AvgIpc) is 3.08. The van der Waals surface area contributed by atoms with Crippen LogP contribution in [-0.4, -0.2) is 48.2 Å². The van der Waals surface area contributed by atoms with Gasteiger partial charge in [-0.05, 0) is 51.3 Å². The highest BCUT2D eigenvalue weighted by Crippen LogP contribution is 2.44. The highest BCUT2D eigenvalue weighted by Gasteiger charge is 2.62. The Morgan fingerprint density at radius 2 is 1.46 bits per heavy atom. The summed E-state index contributed by atoms with van der Waals surface area (Å²) in [5.74, 6) is -1.51. The Balaban J connectivity index is 1.53. The lowest BCUT2D eigenvalue weighted by atomic mass is 9.98. The van der Waals surface area contributed by atoms with Gasteiger partial charge in [-0.25, -0.2) is 0 Å². The van der Waals surface area contributed by atoms with E-state index < -0.39 is 42.3 Å². The molecular weight excluding hydrogens is 362 g/mol. The molecule has 3 saturated heterocycles. The molecule has 5 atom stereocenters. The van der Waals surface area contributed by atoms with Gasteiger partial charge in [0.15, 0.2) is 24.0 Å². The molecule has 0 aromatic heterocycles. The van der Waals surface area contributed by atoms with Crippen molar-refractivity contribution in [3.05, 3.63) is 29.8 Å². The Labute approximate surface area is 165 Å². The van der Waals surface area contributed by atoms with Gasteiger partial charge in [-0.2, -0.15) is 0 Å². The average molecular weight is 391 g/mol. The molecule has 7 heteroatoms. The van der Waals surface area contributed by atoms with Gasteiger partial charge in [0.1, 0.15) is 18.3 Å². The van der Waals surface area contributed by atoms with E-state index in [1.807, 2.05) is 52.0 Å². The van der Waals surface area contributed by atoms with Gasteiger partial charge in [0, 0.05) is 5.69 Å². The van der Waals surface area contributed by atoms with Crippen LogP contribution < -0.4 is 5.32 Å². The zero-order chi connectivity index (χ0) is 20.3. The van der Waals surface area contributed by atoms with Crippen LogP contribution >= 0.6 is 0 Å². The van der Waals surface area contributed by atoms with Crippen molar-refractivity contribution in [2.75, 3.05) is 5.32 Å². The van der Waals surface area contributed by atoms with E-state index in [1.54, 1.807) is 0 Å². The Morgan fingerprint density at radius 1 is 0.893 bits per heavy atom. The number of ether oxygens (including phenoxy) is 5. The van der Waals surface area contributed by atoms with E-state index in [0.717, 1.165) is 0 Å². The topological polar surface area (TPSA) is 75.3 Å². The third-order valence-corrected chi connectivity index (χ3v) is 5.26. The summed E-state index contributed by atoms with van der Waals surface area (Å²) in [6.07, 6.45) is -3.03. The van der Waals surface area contributed by atoms with Crippen molar-refractivity contribution < 1.29 is 28.5 Å². The molecule has 0 bridgehead atoms. The van der Waals surface area contributed by atoms with E-state index in [0.29, 0.717) is 11.6 Å². The molecule has 3 aliphatic rings. The molecule has 7 nitrogen and oxygen atoms in total. The van der Waals surface area contributed by atoms with Crippen LogP contribution in [0.3, 0.4) is 0 Å². The van der Waals surface area contributed by atoms with Crippen LogP contribution in [0.2, 0.25) is 0 Å². The van der Waals surface area contributed by atoms with E-state index in [2.05, 4.69) is 19.2 Å². The largest absolute Gasteiger partial charge is 0.342 e. The highest BCUT2D eigenvalue weighted by atomic mass is 16.9. The van der Waals surface area contributed by atoms with Gasteiger partial charge in [0.2, 0.25) is 0 Å². The number of amides is 1.